The van der Waals surface area contributed by atoms with Crippen molar-refractivity contribution < 1.29 is 14.0 Å². The number of nitrogens with zero attached hydrogens (tertiary/aromatic N) is 3. The van der Waals surface area contributed by atoms with Gasteiger partial charge in [0.25, 0.3) is 11.8 Å². The van der Waals surface area contributed by atoms with Gasteiger partial charge in [-0.25, -0.2) is 4.39 Å². The van der Waals surface area contributed by atoms with E-state index in [-0.39, 0.29) is 17.2 Å². The number of nitriles is 1. The molecule has 0 radical (unpaired) electrons. The highest BCUT2D eigenvalue weighted by Gasteiger charge is 2.33. The Morgan fingerprint density at radius 3 is 2.56 bits per heavy atom. The molecule has 0 unspecified atom stereocenters. The summed E-state index contributed by atoms with van der Waals surface area (Å²) in [6, 6.07) is 16.2. The van der Waals surface area contributed by atoms with Crippen molar-refractivity contribution in [3.8, 4) is 6.07 Å². The van der Waals surface area contributed by atoms with E-state index in [0.717, 1.165) is 0 Å². The van der Waals surface area contributed by atoms with Crippen LogP contribution in [0.1, 0.15) is 6.92 Å². The molecule has 2 amide bonds. The molecule has 0 aliphatic carbocycles. The average molecular weight is 362 g/mol. The predicted molar refractivity (Wildman–Crippen MR) is 99.3 cm³/mol. The number of para-hydroxylation sites is 2. The van der Waals surface area contributed by atoms with Crippen LogP contribution in [0.3, 0.4) is 0 Å². The minimum Gasteiger partial charge on any atom is -0.319 e. The number of rotatable bonds is 4. The molecular formula is C20H15FN4O2. The third-order valence-electron chi connectivity index (χ3n) is 4.00. The summed E-state index contributed by atoms with van der Waals surface area (Å²) in [5, 5.41) is 17.1. The molecule has 1 N–H and O–H groups in total. The van der Waals surface area contributed by atoms with Gasteiger partial charge in [-0.2, -0.15) is 15.4 Å². The Balaban J connectivity index is 1.83. The maximum atomic E-state index is 13.7. The summed E-state index contributed by atoms with van der Waals surface area (Å²) in [5.74, 6) is -2.62. The Hall–Kier alpha value is -3.79. The highest BCUT2D eigenvalue weighted by Crippen LogP contribution is 2.25. The Labute approximate surface area is 155 Å². The second kappa shape index (κ2) is 7.62. The minimum absolute atomic E-state index is 0.0438. The van der Waals surface area contributed by atoms with Gasteiger partial charge in [0.1, 0.15) is 17.5 Å². The first-order chi connectivity index (χ1) is 13.0. The third-order valence-corrected chi connectivity index (χ3v) is 4.00. The van der Waals surface area contributed by atoms with E-state index in [1.54, 1.807) is 43.3 Å². The van der Waals surface area contributed by atoms with Gasteiger partial charge in [0, 0.05) is 0 Å². The summed E-state index contributed by atoms with van der Waals surface area (Å²) in [7, 11) is 0. The number of hydrogen-bond acceptors (Lipinski definition) is 4. The van der Waals surface area contributed by atoms with Gasteiger partial charge in [0.15, 0.2) is 0 Å². The second-order valence-electron chi connectivity index (χ2n) is 5.83. The molecule has 1 heterocycles. The van der Waals surface area contributed by atoms with Gasteiger partial charge in [-0.15, -0.1) is 0 Å². The first kappa shape index (κ1) is 18.0. The van der Waals surface area contributed by atoms with E-state index in [9.17, 15) is 19.2 Å². The van der Waals surface area contributed by atoms with E-state index in [2.05, 4.69) is 10.4 Å². The van der Waals surface area contributed by atoms with Crippen molar-refractivity contribution in [2.75, 3.05) is 10.3 Å². The zero-order chi connectivity index (χ0) is 19.4. The number of carbonyl (C=O) groups is 2. The molecule has 7 heteroatoms. The number of hydrogen-bond donors (Lipinski definition) is 1. The summed E-state index contributed by atoms with van der Waals surface area (Å²) in [6.45, 7) is 1.64. The van der Waals surface area contributed by atoms with Crippen LogP contribution in [-0.4, -0.2) is 17.5 Å². The third kappa shape index (κ3) is 3.75. The lowest BCUT2D eigenvalue weighted by Crippen LogP contribution is -2.27. The molecule has 1 aliphatic rings. The minimum atomic E-state index is -0.841. The van der Waals surface area contributed by atoms with Gasteiger partial charge in [0.05, 0.1) is 23.0 Å². The van der Waals surface area contributed by atoms with E-state index in [1.807, 2.05) is 6.07 Å². The number of amides is 2. The lowest BCUT2D eigenvalue weighted by molar-refractivity contribution is -0.118. The monoisotopic (exact) mass is 362 g/mol. The molecule has 2 aromatic carbocycles. The quantitative estimate of drug-likeness (QED) is 0.669. The van der Waals surface area contributed by atoms with Gasteiger partial charge in [-0.3, -0.25) is 9.59 Å². The van der Waals surface area contributed by atoms with Crippen molar-refractivity contribution in [2.45, 2.75) is 6.92 Å². The van der Waals surface area contributed by atoms with Gasteiger partial charge < -0.3 is 5.32 Å². The molecule has 27 heavy (non-hydrogen) atoms. The highest BCUT2D eigenvalue weighted by atomic mass is 19.1. The molecule has 0 saturated heterocycles. The lowest BCUT2D eigenvalue weighted by Gasteiger charge is -2.13. The summed E-state index contributed by atoms with van der Waals surface area (Å²) in [6.07, 6.45) is 1.25. The van der Waals surface area contributed by atoms with Crippen molar-refractivity contribution in [1.29, 1.82) is 5.26 Å². The Morgan fingerprint density at radius 2 is 1.89 bits per heavy atom. The van der Waals surface area contributed by atoms with E-state index < -0.39 is 17.6 Å². The van der Waals surface area contributed by atoms with Crippen molar-refractivity contribution in [3.05, 3.63) is 72.1 Å². The van der Waals surface area contributed by atoms with Crippen molar-refractivity contribution in [2.24, 2.45) is 11.0 Å². The molecule has 0 fully saturated rings. The number of halogens is 1. The SMILES string of the molecule is CC1=NN(c2ccccc2)C(=O)[C@@H]1/C=C(/C#N)C(=O)Nc1ccccc1F. The average Bonchev–Trinajstić information content (AvgIpc) is 2.96. The molecular weight excluding hydrogens is 347 g/mol. The summed E-state index contributed by atoms with van der Waals surface area (Å²) >= 11 is 0. The molecule has 0 bridgehead atoms. The van der Waals surface area contributed by atoms with Crippen LogP contribution in [0.15, 0.2) is 71.3 Å². The first-order valence-electron chi connectivity index (χ1n) is 8.13. The molecule has 0 aromatic heterocycles. The van der Waals surface area contributed by atoms with Crippen molar-refractivity contribution in [3.63, 3.8) is 0 Å². The van der Waals surface area contributed by atoms with Gasteiger partial charge in [0.2, 0.25) is 0 Å². The molecule has 1 atom stereocenters. The van der Waals surface area contributed by atoms with Crippen LogP contribution in [0.5, 0.6) is 0 Å². The number of carbonyl (C=O) groups excluding carboxylic acids is 2. The van der Waals surface area contributed by atoms with Gasteiger partial charge >= 0.3 is 0 Å². The Kier molecular flexibility index (Phi) is 5.08. The number of hydrazone groups is 1. The number of anilines is 2. The van der Waals surface area contributed by atoms with Crippen LogP contribution >= 0.6 is 0 Å². The zero-order valence-corrected chi connectivity index (χ0v) is 14.4. The summed E-state index contributed by atoms with van der Waals surface area (Å²) < 4.78 is 13.7. The van der Waals surface area contributed by atoms with Gasteiger partial charge in [-0.05, 0) is 37.3 Å². The molecule has 2 aromatic rings. The fourth-order valence-corrected chi connectivity index (χ4v) is 2.61. The maximum Gasteiger partial charge on any atom is 0.266 e. The normalized spacial score (nSPS) is 16.7. The molecule has 0 saturated carbocycles. The lowest BCUT2D eigenvalue weighted by atomic mass is 10.0. The van der Waals surface area contributed by atoms with Crippen LogP contribution in [0.2, 0.25) is 0 Å². The van der Waals surface area contributed by atoms with Crippen molar-refractivity contribution >= 4 is 28.9 Å². The predicted octanol–water partition coefficient (Wildman–Crippen LogP) is 3.25. The van der Waals surface area contributed by atoms with Crippen LogP contribution in [-0.2, 0) is 9.59 Å². The smallest absolute Gasteiger partial charge is 0.266 e. The molecule has 3 rings (SSSR count). The molecule has 0 spiro atoms. The molecule has 6 nitrogen and oxygen atoms in total. The maximum absolute atomic E-state index is 13.7. The fraction of sp³-hybridized carbons (Fsp3) is 0.100. The summed E-state index contributed by atoms with van der Waals surface area (Å²) in [5.41, 5.74) is 0.709. The van der Waals surface area contributed by atoms with E-state index in [1.165, 1.54) is 29.3 Å². The molecule has 1 aliphatic heterocycles. The standard InChI is InChI=1S/C20H15FN4O2/c1-13-16(20(27)25(24-13)15-7-3-2-4-8-15)11-14(12-22)19(26)23-18-10-6-5-9-17(18)21/h2-11,16H,1H3,(H,23,26)/b14-11-/t16-/m1/s1. The van der Waals surface area contributed by atoms with E-state index in [4.69, 9.17) is 0 Å². The number of nitrogens with one attached hydrogen (secondary N) is 1. The first-order valence-corrected chi connectivity index (χ1v) is 8.13. The molecule has 134 valence electrons. The van der Waals surface area contributed by atoms with Gasteiger partial charge in [-0.1, -0.05) is 30.3 Å². The van der Waals surface area contributed by atoms with E-state index >= 15 is 0 Å². The van der Waals surface area contributed by atoms with Crippen LogP contribution in [0.25, 0.3) is 0 Å². The highest BCUT2D eigenvalue weighted by molar-refractivity contribution is 6.17. The van der Waals surface area contributed by atoms with Crippen LogP contribution in [0, 0.1) is 23.1 Å². The second-order valence-corrected chi connectivity index (χ2v) is 5.83. The Morgan fingerprint density at radius 1 is 1.22 bits per heavy atom. The largest absolute Gasteiger partial charge is 0.319 e. The van der Waals surface area contributed by atoms with Crippen molar-refractivity contribution in [1.82, 2.24) is 0 Å². The fourth-order valence-electron chi connectivity index (χ4n) is 2.61. The number of benzene rings is 2. The zero-order valence-electron chi connectivity index (χ0n) is 14.4. The van der Waals surface area contributed by atoms with Crippen LogP contribution < -0.4 is 10.3 Å². The topological polar surface area (TPSA) is 85.6 Å². The van der Waals surface area contributed by atoms with Crippen LogP contribution in [0.4, 0.5) is 15.8 Å². The van der Waals surface area contributed by atoms with E-state index in [0.29, 0.717) is 11.4 Å². The summed E-state index contributed by atoms with van der Waals surface area (Å²) in [4.78, 5) is 25.0. The Bertz CT molecular complexity index is 993.